The zero-order valence-electron chi connectivity index (χ0n) is 16.1. The predicted molar refractivity (Wildman–Crippen MR) is 105 cm³/mol. The average Bonchev–Trinajstić information content (AvgIpc) is 2.68. The summed E-state index contributed by atoms with van der Waals surface area (Å²) in [5, 5.41) is 3.01. The molecule has 0 saturated carbocycles. The van der Waals surface area contributed by atoms with E-state index in [2.05, 4.69) is 5.32 Å². The van der Waals surface area contributed by atoms with Gasteiger partial charge in [-0.3, -0.25) is 18.7 Å². The van der Waals surface area contributed by atoms with Crippen LogP contribution in [0.3, 0.4) is 0 Å². The van der Waals surface area contributed by atoms with Crippen molar-refractivity contribution in [3.05, 3.63) is 62.3 Å². The van der Waals surface area contributed by atoms with E-state index < -0.39 is 0 Å². The van der Waals surface area contributed by atoms with Crippen LogP contribution < -0.4 is 21.5 Å². The van der Waals surface area contributed by atoms with Gasteiger partial charge in [-0.1, -0.05) is 29.8 Å². The van der Waals surface area contributed by atoms with E-state index in [9.17, 15) is 14.4 Å². The normalized spacial score (nSPS) is 17.0. The molecule has 1 aliphatic heterocycles. The highest BCUT2D eigenvalue weighted by Crippen LogP contribution is 2.21. The Morgan fingerprint density at radius 3 is 2.56 bits per heavy atom. The van der Waals surface area contributed by atoms with E-state index in [4.69, 9.17) is 0 Å². The van der Waals surface area contributed by atoms with Crippen LogP contribution in [0.25, 0.3) is 0 Å². The van der Waals surface area contributed by atoms with E-state index in [0.29, 0.717) is 18.9 Å². The van der Waals surface area contributed by atoms with Crippen molar-refractivity contribution in [3.63, 3.8) is 0 Å². The number of piperidine rings is 1. The van der Waals surface area contributed by atoms with Crippen molar-refractivity contribution in [2.75, 3.05) is 18.0 Å². The highest BCUT2D eigenvalue weighted by Gasteiger charge is 2.27. The number of carbonyl (C=O) groups is 1. The fraction of sp³-hybridized carbons (Fsp3) is 0.450. The lowest BCUT2D eigenvalue weighted by Crippen LogP contribution is -2.46. The molecule has 3 rings (SSSR count). The topological polar surface area (TPSA) is 76.3 Å². The SMILES string of the molecule is Cc1ccc(CNC(=O)[C@H]2CCCN(c3cc(=O)n(C)c(=O)n3C)C2)cc1. The van der Waals surface area contributed by atoms with Gasteiger partial charge in [-0.05, 0) is 25.3 Å². The number of hydrogen-bond acceptors (Lipinski definition) is 4. The highest BCUT2D eigenvalue weighted by atomic mass is 16.2. The summed E-state index contributed by atoms with van der Waals surface area (Å²) in [6.07, 6.45) is 1.64. The zero-order chi connectivity index (χ0) is 19.6. The number of amides is 1. The first-order chi connectivity index (χ1) is 12.9. The van der Waals surface area contributed by atoms with Crippen molar-refractivity contribution >= 4 is 11.7 Å². The minimum atomic E-state index is -0.358. The summed E-state index contributed by atoms with van der Waals surface area (Å²) in [6, 6.07) is 9.55. The molecule has 1 amide bonds. The first kappa shape index (κ1) is 18.9. The molecule has 1 atom stereocenters. The molecule has 0 aliphatic carbocycles. The number of aryl methyl sites for hydroxylation is 1. The third-order valence-electron chi connectivity index (χ3n) is 5.20. The van der Waals surface area contributed by atoms with Crippen LogP contribution in [0.4, 0.5) is 5.82 Å². The molecule has 1 aliphatic rings. The first-order valence-corrected chi connectivity index (χ1v) is 9.22. The summed E-state index contributed by atoms with van der Waals surface area (Å²) in [5.74, 6) is 0.414. The van der Waals surface area contributed by atoms with Crippen LogP contribution in [0, 0.1) is 12.8 Å². The number of aromatic nitrogens is 2. The van der Waals surface area contributed by atoms with Gasteiger partial charge in [0.2, 0.25) is 5.91 Å². The second-order valence-corrected chi connectivity index (χ2v) is 7.23. The minimum absolute atomic E-state index is 0.00843. The number of rotatable bonds is 4. The number of benzene rings is 1. The van der Waals surface area contributed by atoms with Crippen LogP contribution in [-0.4, -0.2) is 28.1 Å². The van der Waals surface area contributed by atoms with Crippen LogP contribution in [0.15, 0.2) is 39.9 Å². The lowest BCUT2D eigenvalue weighted by atomic mass is 9.97. The Kier molecular flexibility index (Phi) is 5.48. The summed E-state index contributed by atoms with van der Waals surface area (Å²) < 4.78 is 2.55. The maximum absolute atomic E-state index is 12.6. The van der Waals surface area contributed by atoms with Crippen LogP contribution in [-0.2, 0) is 25.4 Å². The van der Waals surface area contributed by atoms with E-state index in [1.54, 1.807) is 7.05 Å². The predicted octanol–water partition coefficient (Wildman–Crippen LogP) is 0.925. The molecule has 7 nitrogen and oxygen atoms in total. The lowest BCUT2D eigenvalue weighted by Gasteiger charge is -2.34. The van der Waals surface area contributed by atoms with Crippen LogP contribution in [0.5, 0.6) is 0 Å². The molecular formula is C20H26N4O3. The molecular weight excluding hydrogens is 344 g/mol. The Bertz CT molecular complexity index is 943. The summed E-state index contributed by atoms with van der Waals surface area (Å²) in [6.45, 7) is 3.76. The van der Waals surface area contributed by atoms with Gasteiger partial charge in [0.05, 0.1) is 5.92 Å². The molecule has 144 valence electrons. The minimum Gasteiger partial charge on any atom is -0.357 e. The van der Waals surface area contributed by atoms with Crippen LogP contribution in [0.2, 0.25) is 0 Å². The molecule has 27 heavy (non-hydrogen) atoms. The smallest absolute Gasteiger partial charge is 0.332 e. The zero-order valence-corrected chi connectivity index (χ0v) is 16.1. The van der Waals surface area contributed by atoms with Crippen molar-refractivity contribution < 1.29 is 4.79 Å². The summed E-state index contributed by atoms with van der Waals surface area (Å²) >= 11 is 0. The molecule has 0 spiro atoms. The van der Waals surface area contributed by atoms with Gasteiger partial charge in [0.1, 0.15) is 5.82 Å². The van der Waals surface area contributed by atoms with Gasteiger partial charge in [-0.2, -0.15) is 0 Å². The fourth-order valence-electron chi connectivity index (χ4n) is 3.46. The van der Waals surface area contributed by atoms with E-state index in [0.717, 1.165) is 29.5 Å². The number of nitrogens with one attached hydrogen (secondary N) is 1. The average molecular weight is 370 g/mol. The van der Waals surface area contributed by atoms with Crippen LogP contribution >= 0.6 is 0 Å². The maximum atomic E-state index is 12.6. The highest BCUT2D eigenvalue weighted by molar-refractivity contribution is 5.79. The quantitative estimate of drug-likeness (QED) is 0.869. The van der Waals surface area contributed by atoms with Gasteiger partial charge < -0.3 is 10.2 Å². The van der Waals surface area contributed by atoms with Gasteiger partial charge in [0.15, 0.2) is 0 Å². The lowest BCUT2D eigenvalue weighted by molar-refractivity contribution is -0.125. The molecule has 0 radical (unpaired) electrons. The molecule has 2 aromatic rings. The molecule has 0 unspecified atom stereocenters. The van der Waals surface area contributed by atoms with Crippen molar-refractivity contribution in [1.82, 2.24) is 14.5 Å². The van der Waals surface area contributed by atoms with Gasteiger partial charge in [-0.25, -0.2) is 4.79 Å². The standard InChI is InChI=1S/C20H26N4O3/c1-14-6-8-15(9-7-14)12-21-19(26)16-5-4-10-24(13-16)17-11-18(25)23(3)20(27)22(17)2/h6-9,11,16H,4-5,10,12-13H2,1-3H3,(H,21,26)/t16-/m0/s1. The summed E-state index contributed by atoms with van der Waals surface area (Å²) in [7, 11) is 3.12. The van der Waals surface area contributed by atoms with Crippen molar-refractivity contribution in [2.45, 2.75) is 26.3 Å². The third-order valence-corrected chi connectivity index (χ3v) is 5.20. The van der Waals surface area contributed by atoms with E-state index in [-0.39, 0.29) is 23.1 Å². The first-order valence-electron chi connectivity index (χ1n) is 9.22. The summed E-state index contributed by atoms with van der Waals surface area (Å²) in [4.78, 5) is 38.7. The second-order valence-electron chi connectivity index (χ2n) is 7.23. The number of anilines is 1. The fourth-order valence-corrected chi connectivity index (χ4v) is 3.46. The van der Waals surface area contributed by atoms with Gasteiger partial charge >= 0.3 is 5.69 Å². The van der Waals surface area contributed by atoms with Crippen molar-refractivity contribution in [3.8, 4) is 0 Å². The van der Waals surface area contributed by atoms with Gasteiger partial charge in [0, 0.05) is 39.8 Å². The van der Waals surface area contributed by atoms with E-state index >= 15 is 0 Å². The Morgan fingerprint density at radius 2 is 1.85 bits per heavy atom. The largest absolute Gasteiger partial charge is 0.357 e. The molecule has 2 heterocycles. The Labute approximate surface area is 158 Å². The molecule has 1 saturated heterocycles. The molecule has 1 N–H and O–H groups in total. The second kappa shape index (κ2) is 7.82. The Morgan fingerprint density at radius 1 is 1.15 bits per heavy atom. The molecule has 0 bridgehead atoms. The maximum Gasteiger partial charge on any atom is 0.332 e. The van der Waals surface area contributed by atoms with E-state index in [1.165, 1.54) is 23.2 Å². The van der Waals surface area contributed by atoms with E-state index in [1.807, 2.05) is 36.1 Å². The monoisotopic (exact) mass is 370 g/mol. The van der Waals surface area contributed by atoms with Crippen molar-refractivity contribution in [2.24, 2.45) is 20.0 Å². The van der Waals surface area contributed by atoms with Gasteiger partial charge in [-0.15, -0.1) is 0 Å². The molecule has 1 fully saturated rings. The molecule has 1 aromatic carbocycles. The molecule has 7 heteroatoms. The number of nitrogens with zero attached hydrogens (tertiary/aromatic N) is 3. The number of carbonyl (C=O) groups excluding carboxylic acids is 1. The molecule has 1 aromatic heterocycles. The van der Waals surface area contributed by atoms with Crippen molar-refractivity contribution in [1.29, 1.82) is 0 Å². The summed E-state index contributed by atoms with van der Waals surface area (Å²) in [5.41, 5.74) is 1.56. The van der Waals surface area contributed by atoms with Crippen LogP contribution in [0.1, 0.15) is 24.0 Å². The van der Waals surface area contributed by atoms with Gasteiger partial charge in [0.25, 0.3) is 5.56 Å². The Hall–Kier alpha value is -2.83. The Balaban J connectivity index is 1.69. The number of hydrogen-bond donors (Lipinski definition) is 1. The third kappa shape index (κ3) is 4.13.